The van der Waals surface area contributed by atoms with Crippen molar-refractivity contribution in [1.29, 1.82) is 0 Å². The van der Waals surface area contributed by atoms with Crippen LogP contribution in [0.4, 0.5) is 18.9 Å². The molecular weight excluding hydrogens is 421 g/mol. The molecule has 8 heteroatoms. The van der Waals surface area contributed by atoms with Crippen molar-refractivity contribution in [2.45, 2.75) is 50.7 Å². The van der Waals surface area contributed by atoms with Crippen LogP contribution in [0.25, 0.3) is 0 Å². The average molecular weight is 446 g/mol. The van der Waals surface area contributed by atoms with E-state index >= 15 is 0 Å². The molecule has 2 aliphatic heterocycles. The van der Waals surface area contributed by atoms with Gasteiger partial charge in [-0.1, -0.05) is 12.1 Å². The monoisotopic (exact) mass is 446 g/mol. The number of nitrogens with zero attached hydrogens (tertiary/aromatic N) is 1. The maximum atomic E-state index is 13.1. The number of carbonyl (C=O) groups is 2. The Labute approximate surface area is 184 Å². The molecule has 32 heavy (non-hydrogen) atoms. The van der Waals surface area contributed by atoms with E-state index in [0.29, 0.717) is 35.6 Å². The summed E-state index contributed by atoms with van der Waals surface area (Å²) in [6.07, 6.45) is -0.0727. The fourth-order valence-electron chi connectivity index (χ4n) is 4.27. The van der Waals surface area contributed by atoms with Gasteiger partial charge < -0.3 is 15.0 Å². The standard InChI is InChI=1S/C24H25F3N2O3/c25-24(26,27)17-7-4-16(5-8-17)6-11-22(30)28-18-9-10-21-20(15-18)23(31)29-13-2-1-3-19(29)12-14-32-21/h4-5,7-10,15,19H,1-3,6,11-14H2,(H,28,30)/t19-/m1/s1. The van der Waals surface area contributed by atoms with Gasteiger partial charge in [0.1, 0.15) is 5.75 Å². The lowest BCUT2D eigenvalue weighted by Gasteiger charge is -2.37. The zero-order valence-corrected chi connectivity index (χ0v) is 17.6. The van der Waals surface area contributed by atoms with Crippen LogP contribution in [0.1, 0.15) is 53.6 Å². The van der Waals surface area contributed by atoms with Crippen molar-refractivity contribution in [2.75, 3.05) is 18.5 Å². The Hall–Kier alpha value is -3.03. The van der Waals surface area contributed by atoms with Gasteiger partial charge in [-0.2, -0.15) is 13.2 Å². The zero-order chi connectivity index (χ0) is 22.7. The number of alkyl halides is 3. The Morgan fingerprint density at radius 3 is 2.62 bits per heavy atom. The molecule has 1 saturated heterocycles. The number of nitrogens with one attached hydrogen (secondary N) is 1. The minimum atomic E-state index is -4.38. The molecule has 5 nitrogen and oxygen atoms in total. The first-order valence-corrected chi connectivity index (χ1v) is 10.8. The summed E-state index contributed by atoms with van der Waals surface area (Å²) in [4.78, 5) is 27.4. The normalized spacial score (nSPS) is 18.7. The molecular formula is C24H25F3N2O3. The van der Waals surface area contributed by atoms with E-state index in [4.69, 9.17) is 4.74 Å². The number of fused-ring (bicyclic) bond motifs is 2. The van der Waals surface area contributed by atoms with E-state index in [2.05, 4.69) is 5.32 Å². The number of benzene rings is 2. The molecule has 1 N–H and O–H groups in total. The number of carbonyl (C=O) groups excluding carboxylic acids is 2. The first kappa shape index (κ1) is 22.2. The van der Waals surface area contributed by atoms with E-state index < -0.39 is 11.7 Å². The molecule has 2 heterocycles. The van der Waals surface area contributed by atoms with E-state index in [-0.39, 0.29) is 24.3 Å². The van der Waals surface area contributed by atoms with Gasteiger partial charge in [0.15, 0.2) is 0 Å². The van der Waals surface area contributed by atoms with E-state index in [1.165, 1.54) is 12.1 Å². The van der Waals surface area contributed by atoms with E-state index in [9.17, 15) is 22.8 Å². The summed E-state index contributed by atoms with van der Waals surface area (Å²) in [6.45, 7) is 1.27. The number of ether oxygens (including phenoxy) is 1. The molecule has 4 rings (SSSR count). The number of hydrogen-bond donors (Lipinski definition) is 1. The molecule has 0 bridgehead atoms. The molecule has 2 aromatic carbocycles. The van der Waals surface area contributed by atoms with Crippen LogP contribution in [0, 0.1) is 0 Å². The Kier molecular flexibility index (Phi) is 6.39. The molecule has 1 atom stereocenters. The lowest BCUT2D eigenvalue weighted by atomic mass is 9.97. The Morgan fingerprint density at radius 2 is 1.88 bits per heavy atom. The number of aryl methyl sites for hydroxylation is 1. The molecule has 0 unspecified atom stereocenters. The van der Waals surface area contributed by atoms with Crippen molar-refractivity contribution in [2.24, 2.45) is 0 Å². The first-order chi connectivity index (χ1) is 15.3. The van der Waals surface area contributed by atoms with Crippen LogP contribution in [0.5, 0.6) is 5.75 Å². The smallest absolute Gasteiger partial charge is 0.416 e. The maximum absolute atomic E-state index is 13.1. The summed E-state index contributed by atoms with van der Waals surface area (Å²) in [7, 11) is 0. The van der Waals surface area contributed by atoms with Gasteiger partial charge in [0.25, 0.3) is 5.91 Å². The quantitative estimate of drug-likeness (QED) is 0.715. The van der Waals surface area contributed by atoms with Crippen LogP contribution in [0.2, 0.25) is 0 Å². The summed E-state index contributed by atoms with van der Waals surface area (Å²) < 4.78 is 43.8. The van der Waals surface area contributed by atoms with Crippen molar-refractivity contribution in [1.82, 2.24) is 4.90 Å². The number of hydrogen-bond acceptors (Lipinski definition) is 3. The Bertz CT molecular complexity index is 989. The van der Waals surface area contributed by atoms with Gasteiger partial charge in [0.2, 0.25) is 5.91 Å². The SMILES string of the molecule is O=C(CCc1ccc(C(F)(F)F)cc1)Nc1ccc2c(c1)C(=O)N1CCCC[C@@H]1CCO2. The van der Waals surface area contributed by atoms with Crippen LogP contribution in [0.3, 0.4) is 0 Å². The summed E-state index contributed by atoms with van der Waals surface area (Å²) in [5, 5.41) is 2.78. The second kappa shape index (κ2) is 9.22. The molecule has 2 aromatic rings. The van der Waals surface area contributed by atoms with Gasteiger partial charge >= 0.3 is 6.18 Å². The molecule has 1 fully saturated rings. The predicted octanol–water partition coefficient (Wildman–Crippen LogP) is 5.05. The lowest BCUT2D eigenvalue weighted by Crippen LogP contribution is -2.45. The number of halogens is 3. The maximum Gasteiger partial charge on any atom is 0.416 e. The third kappa shape index (κ3) is 5.06. The van der Waals surface area contributed by atoms with Crippen molar-refractivity contribution >= 4 is 17.5 Å². The summed E-state index contributed by atoms with van der Waals surface area (Å²) in [6, 6.07) is 10.0. The lowest BCUT2D eigenvalue weighted by molar-refractivity contribution is -0.137. The fourth-order valence-corrected chi connectivity index (χ4v) is 4.27. The largest absolute Gasteiger partial charge is 0.493 e. The number of anilines is 1. The van der Waals surface area contributed by atoms with Crippen molar-refractivity contribution < 1.29 is 27.5 Å². The highest BCUT2D eigenvalue weighted by Crippen LogP contribution is 2.31. The van der Waals surface area contributed by atoms with Crippen molar-refractivity contribution in [3.8, 4) is 5.75 Å². The Morgan fingerprint density at radius 1 is 1.09 bits per heavy atom. The second-order valence-electron chi connectivity index (χ2n) is 8.24. The Balaban J connectivity index is 1.40. The molecule has 0 saturated carbocycles. The number of rotatable bonds is 4. The van der Waals surface area contributed by atoms with Gasteiger partial charge in [-0.3, -0.25) is 9.59 Å². The molecule has 0 aliphatic carbocycles. The topological polar surface area (TPSA) is 58.6 Å². The van der Waals surface area contributed by atoms with Crippen molar-refractivity contribution in [3.63, 3.8) is 0 Å². The second-order valence-corrected chi connectivity index (χ2v) is 8.24. The average Bonchev–Trinajstić information content (AvgIpc) is 2.77. The van der Waals surface area contributed by atoms with Crippen LogP contribution < -0.4 is 10.1 Å². The number of piperidine rings is 1. The first-order valence-electron chi connectivity index (χ1n) is 10.8. The van der Waals surface area contributed by atoms with Crippen LogP contribution in [-0.4, -0.2) is 35.9 Å². The zero-order valence-electron chi connectivity index (χ0n) is 17.6. The fraction of sp³-hybridized carbons (Fsp3) is 0.417. The van der Waals surface area contributed by atoms with Crippen LogP contribution in [0.15, 0.2) is 42.5 Å². The van der Waals surface area contributed by atoms with Crippen LogP contribution in [-0.2, 0) is 17.4 Å². The molecule has 0 spiro atoms. The molecule has 2 aliphatic rings. The van der Waals surface area contributed by atoms with Gasteiger partial charge in [0.05, 0.1) is 17.7 Å². The highest BCUT2D eigenvalue weighted by atomic mass is 19.4. The summed E-state index contributed by atoms with van der Waals surface area (Å²) in [5.74, 6) is 0.159. The minimum Gasteiger partial charge on any atom is -0.493 e. The van der Waals surface area contributed by atoms with Gasteiger partial charge in [0, 0.05) is 31.1 Å². The van der Waals surface area contributed by atoms with Gasteiger partial charge in [-0.05, 0) is 61.6 Å². The highest BCUT2D eigenvalue weighted by Gasteiger charge is 2.31. The predicted molar refractivity (Wildman–Crippen MR) is 114 cm³/mol. The molecule has 170 valence electrons. The van der Waals surface area contributed by atoms with E-state index in [1.54, 1.807) is 18.2 Å². The molecule has 0 radical (unpaired) electrons. The molecule has 2 amide bonds. The van der Waals surface area contributed by atoms with Crippen LogP contribution >= 0.6 is 0 Å². The number of amides is 2. The summed E-state index contributed by atoms with van der Waals surface area (Å²) >= 11 is 0. The highest BCUT2D eigenvalue weighted by molar-refractivity contribution is 5.99. The third-order valence-electron chi connectivity index (χ3n) is 6.01. The molecule has 0 aromatic heterocycles. The van der Waals surface area contributed by atoms with Gasteiger partial charge in [-0.15, -0.1) is 0 Å². The van der Waals surface area contributed by atoms with E-state index in [1.807, 2.05) is 4.90 Å². The minimum absolute atomic E-state index is 0.0785. The summed E-state index contributed by atoms with van der Waals surface area (Å²) in [5.41, 5.74) is 0.866. The van der Waals surface area contributed by atoms with Gasteiger partial charge in [-0.25, -0.2) is 0 Å². The van der Waals surface area contributed by atoms with E-state index in [0.717, 1.165) is 44.4 Å². The van der Waals surface area contributed by atoms with Crippen molar-refractivity contribution in [3.05, 3.63) is 59.2 Å². The third-order valence-corrected chi connectivity index (χ3v) is 6.01.